The highest BCUT2D eigenvalue weighted by Gasteiger charge is 1.92. The molecule has 0 atom stereocenters. The fraction of sp³-hybridized carbons (Fsp3) is 0.286. The van der Waals surface area contributed by atoms with E-state index < -0.39 is 0 Å². The van der Waals surface area contributed by atoms with Gasteiger partial charge in [0, 0.05) is 18.9 Å². The maximum absolute atomic E-state index is 3.84. The highest BCUT2D eigenvalue weighted by molar-refractivity contribution is 5.22. The zero-order chi connectivity index (χ0) is 6.15. The molecule has 0 saturated carbocycles. The first kappa shape index (κ1) is 5.42. The van der Waals surface area contributed by atoms with Crippen molar-refractivity contribution in [1.29, 1.82) is 0 Å². The van der Waals surface area contributed by atoms with Gasteiger partial charge in [-0.1, -0.05) is 0 Å². The van der Waals surface area contributed by atoms with Gasteiger partial charge in [-0.05, 0) is 25.5 Å². The monoisotopic (exact) mass is 108 g/mol. The molecule has 1 nitrogen and oxygen atoms in total. The molecule has 43 valence electrons. The van der Waals surface area contributed by atoms with Crippen LogP contribution in [-0.4, -0.2) is 4.57 Å². The number of rotatable bonds is 0. The Labute approximate surface area is 49.9 Å². The lowest BCUT2D eigenvalue weighted by atomic mass is 10.3. The van der Waals surface area contributed by atoms with Crippen molar-refractivity contribution in [3.05, 3.63) is 30.4 Å². The summed E-state index contributed by atoms with van der Waals surface area (Å²) in [5.74, 6) is 0. The summed E-state index contributed by atoms with van der Waals surface area (Å²) < 4.78 is 2.01. The lowest BCUT2D eigenvalue weighted by Gasteiger charge is -1.93. The normalized spacial score (nSPS) is 9.88. The first-order chi connectivity index (χ1) is 3.72. The zero-order valence-corrected chi connectivity index (χ0v) is 5.31. The van der Waals surface area contributed by atoms with Gasteiger partial charge in [0.15, 0.2) is 0 Å². The van der Waals surface area contributed by atoms with Crippen molar-refractivity contribution < 1.29 is 0 Å². The van der Waals surface area contributed by atoms with E-state index in [1.807, 2.05) is 17.8 Å². The molecule has 0 amide bonds. The van der Waals surface area contributed by atoms with Crippen LogP contribution in [0.25, 0.3) is 0 Å². The Morgan fingerprint density at radius 3 is 2.38 bits per heavy atom. The smallest absolute Gasteiger partial charge is 0.0204 e. The van der Waals surface area contributed by atoms with Gasteiger partial charge in [-0.15, -0.1) is 0 Å². The zero-order valence-electron chi connectivity index (χ0n) is 5.31. The van der Waals surface area contributed by atoms with E-state index in [2.05, 4.69) is 19.9 Å². The molecule has 1 heterocycles. The highest BCUT2D eigenvalue weighted by atomic mass is 14.9. The average Bonchev–Trinajstić information content (AvgIpc) is 1.98. The average molecular weight is 108 g/mol. The second-order valence-corrected chi connectivity index (χ2v) is 2.06. The Balaban J connectivity index is 3.19. The van der Waals surface area contributed by atoms with Crippen molar-refractivity contribution >= 4 is 0 Å². The van der Waals surface area contributed by atoms with Gasteiger partial charge < -0.3 is 4.57 Å². The van der Waals surface area contributed by atoms with E-state index in [0.29, 0.717) is 0 Å². The van der Waals surface area contributed by atoms with Crippen molar-refractivity contribution in [2.75, 3.05) is 0 Å². The van der Waals surface area contributed by atoms with Crippen molar-refractivity contribution in [2.45, 2.75) is 6.92 Å². The molecule has 1 rings (SSSR count). The molecule has 0 fully saturated rings. The van der Waals surface area contributed by atoms with Gasteiger partial charge in [-0.3, -0.25) is 0 Å². The van der Waals surface area contributed by atoms with Crippen molar-refractivity contribution in [2.24, 2.45) is 7.05 Å². The van der Waals surface area contributed by atoms with Crippen LogP contribution in [-0.2, 0) is 7.05 Å². The summed E-state index contributed by atoms with van der Waals surface area (Å²) in [6.07, 6.45) is 2.01. The van der Waals surface area contributed by atoms with E-state index in [4.69, 9.17) is 0 Å². The molecule has 0 unspecified atom stereocenters. The molecule has 0 aliphatic heterocycles. The van der Waals surface area contributed by atoms with Gasteiger partial charge in [-0.2, -0.15) is 0 Å². The SMILES string of the molecule is [CH2]c1c(C)ccn1C. The molecule has 0 bridgehead atoms. The molecule has 1 aromatic heterocycles. The summed E-state index contributed by atoms with van der Waals surface area (Å²) >= 11 is 0. The number of aryl methyl sites for hydroxylation is 2. The second-order valence-electron chi connectivity index (χ2n) is 2.06. The highest BCUT2D eigenvalue weighted by Crippen LogP contribution is 2.04. The fourth-order valence-corrected chi connectivity index (χ4v) is 0.688. The van der Waals surface area contributed by atoms with E-state index in [1.54, 1.807) is 0 Å². The minimum absolute atomic E-state index is 1.10. The second kappa shape index (κ2) is 1.66. The minimum Gasteiger partial charge on any atom is -0.354 e. The van der Waals surface area contributed by atoms with Gasteiger partial charge in [0.2, 0.25) is 0 Å². The van der Waals surface area contributed by atoms with Crippen molar-refractivity contribution in [1.82, 2.24) is 4.57 Å². The van der Waals surface area contributed by atoms with Gasteiger partial charge in [0.1, 0.15) is 0 Å². The van der Waals surface area contributed by atoms with Crippen LogP contribution in [0.1, 0.15) is 11.3 Å². The summed E-state index contributed by atoms with van der Waals surface area (Å²) in [6.45, 7) is 5.90. The maximum Gasteiger partial charge on any atom is 0.0204 e. The largest absolute Gasteiger partial charge is 0.354 e. The summed E-state index contributed by atoms with van der Waals surface area (Å²) in [4.78, 5) is 0. The van der Waals surface area contributed by atoms with E-state index in [0.717, 1.165) is 5.69 Å². The molecule has 0 aliphatic rings. The predicted molar refractivity (Wildman–Crippen MR) is 34.6 cm³/mol. The molecular formula is C7H10N. The molecule has 8 heavy (non-hydrogen) atoms. The summed E-state index contributed by atoms with van der Waals surface area (Å²) in [6, 6.07) is 2.06. The maximum atomic E-state index is 3.84. The summed E-state index contributed by atoms with van der Waals surface area (Å²) in [5, 5.41) is 0. The predicted octanol–water partition coefficient (Wildman–Crippen LogP) is 1.52. The Hall–Kier alpha value is -0.720. The molecule has 1 aromatic rings. The quantitative estimate of drug-likeness (QED) is 0.475. The first-order valence-electron chi connectivity index (χ1n) is 2.65. The van der Waals surface area contributed by atoms with Crippen LogP contribution in [0.3, 0.4) is 0 Å². The van der Waals surface area contributed by atoms with Crippen LogP contribution < -0.4 is 0 Å². The van der Waals surface area contributed by atoms with Crippen molar-refractivity contribution in [3.63, 3.8) is 0 Å². The minimum atomic E-state index is 1.10. The van der Waals surface area contributed by atoms with Gasteiger partial charge in [0.05, 0.1) is 0 Å². The van der Waals surface area contributed by atoms with E-state index >= 15 is 0 Å². The number of nitrogens with zero attached hydrogens (tertiary/aromatic N) is 1. The lowest BCUT2D eigenvalue weighted by molar-refractivity contribution is 0.900. The Kier molecular flexibility index (Phi) is 1.12. The van der Waals surface area contributed by atoms with Crippen LogP contribution in [0.5, 0.6) is 0 Å². The molecular weight excluding hydrogens is 98.1 g/mol. The fourth-order valence-electron chi connectivity index (χ4n) is 0.688. The molecule has 0 spiro atoms. The Morgan fingerprint density at radius 2 is 2.25 bits per heavy atom. The molecule has 0 saturated heterocycles. The number of hydrogen-bond acceptors (Lipinski definition) is 0. The van der Waals surface area contributed by atoms with Crippen LogP contribution in [0.4, 0.5) is 0 Å². The van der Waals surface area contributed by atoms with Crippen molar-refractivity contribution in [3.8, 4) is 0 Å². The first-order valence-corrected chi connectivity index (χ1v) is 2.65. The summed E-state index contributed by atoms with van der Waals surface area (Å²) in [7, 11) is 2.00. The third-order valence-corrected chi connectivity index (χ3v) is 1.43. The molecule has 1 heteroatoms. The Morgan fingerprint density at radius 1 is 1.62 bits per heavy atom. The number of hydrogen-bond donors (Lipinski definition) is 0. The van der Waals surface area contributed by atoms with Crippen LogP contribution in [0.2, 0.25) is 0 Å². The van der Waals surface area contributed by atoms with Crippen LogP contribution in [0, 0.1) is 13.8 Å². The van der Waals surface area contributed by atoms with Crippen LogP contribution in [0.15, 0.2) is 12.3 Å². The molecule has 0 N–H and O–H groups in total. The summed E-state index contributed by atoms with van der Waals surface area (Å²) in [5.41, 5.74) is 2.36. The topological polar surface area (TPSA) is 4.93 Å². The third kappa shape index (κ3) is 0.641. The van der Waals surface area contributed by atoms with Gasteiger partial charge >= 0.3 is 0 Å². The van der Waals surface area contributed by atoms with E-state index in [-0.39, 0.29) is 0 Å². The van der Waals surface area contributed by atoms with Gasteiger partial charge in [-0.25, -0.2) is 0 Å². The third-order valence-electron chi connectivity index (χ3n) is 1.43. The Bertz CT molecular complexity index is 167. The van der Waals surface area contributed by atoms with E-state index in [9.17, 15) is 0 Å². The molecule has 1 radical (unpaired) electrons. The van der Waals surface area contributed by atoms with E-state index in [1.165, 1.54) is 5.56 Å². The lowest BCUT2D eigenvalue weighted by Crippen LogP contribution is -1.87. The number of aromatic nitrogens is 1. The van der Waals surface area contributed by atoms with Gasteiger partial charge in [0.25, 0.3) is 0 Å². The molecule has 0 aromatic carbocycles. The van der Waals surface area contributed by atoms with Crippen LogP contribution >= 0.6 is 0 Å². The standard InChI is InChI=1S/C7H10N/c1-6-4-5-8(3)7(6)2/h4-5H,2H2,1,3H3. The molecule has 0 aliphatic carbocycles.